The van der Waals surface area contributed by atoms with Crippen molar-refractivity contribution in [3.63, 3.8) is 0 Å². The molecule has 6 nitrogen and oxygen atoms in total. The standard InChI is InChI=1S/C22H18ClN3O3/c23-16-5-10-19(11-6-16)29-20-12-9-18(13-24-20)26-22(28)15-3-7-17(8-4-15)25-21(27)14-1-2-14/h3-14H,1-2H2,(H,25,27)(H,26,28). The Balaban J connectivity index is 1.34. The Kier molecular flexibility index (Phi) is 5.44. The Hall–Kier alpha value is -3.38. The number of hydrogen-bond acceptors (Lipinski definition) is 4. The third kappa shape index (κ3) is 5.12. The molecule has 1 aliphatic carbocycles. The number of rotatable bonds is 6. The molecule has 29 heavy (non-hydrogen) atoms. The van der Waals surface area contributed by atoms with Crippen LogP contribution in [0.15, 0.2) is 66.9 Å². The molecular formula is C22H18ClN3O3. The number of aromatic nitrogens is 1. The van der Waals surface area contributed by atoms with Gasteiger partial charge in [0.1, 0.15) is 5.75 Å². The maximum Gasteiger partial charge on any atom is 0.255 e. The molecule has 0 radical (unpaired) electrons. The first-order valence-corrected chi connectivity index (χ1v) is 9.56. The molecule has 4 rings (SSSR count). The number of nitrogens with one attached hydrogen (secondary N) is 2. The molecule has 0 unspecified atom stereocenters. The highest BCUT2D eigenvalue weighted by Gasteiger charge is 2.29. The van der Waals surface area contributed by atoms with Gasteiger partial charge in [0, 0.05) is 28.3 Å². The lowest BCUT2D eigenvalue weighted by Gasteiger charge is -2.08. The van der Waals surface area contributed by atoms with E-state index in [1.807, 2.05) is 0 Å². The van der Waals surface area contributed by atoms with E-state index in [0.29, 0.717) is 33.6 Å². The molecule has 1 saturated carbocycles. The Labute approximate surface area is 172 Å². The zero-order valence-electron chi connectivity index (χ0n) is 15.4. The summed E-state index contributed by atoms with van der Waals surface area (Å²) in [6, 6.07) is 17.1. The molecule has 3 aromatic rings. The number of nitrogens with zero attached hydrogens (tertiary/aromatic N) is 1. The van der Waals surface area contributed by atoms with Crippen LogP contribution in [0.2, 0.25) is 5.02 Å². The molecule has 0 atom stereocenters. The monoisotopic (exact) mass is 407 g/mol. The molecule has 2 N–H and O–H groups in total. The number of carbonyl (C=O) groups is 2. The fourth-order valence-electron chi connectivity index (χ4n) is 2.64. The van der Waals surface area contributed by atoms with Crippen molar-refractivity contribution in [1.29, 1.82) is 0 Å². The van der Waals surface area contributed by atoms with Crippen LogP contribution in [0.1, 0.15) is 23.2 Å². The number of benzene rings is 2. The molecule has 0 aliphatic heterocycles. The van der Waals surface area contributed by atoms with Gasteiger partial charge in [0.15, 0.2) is 0 Å². The second-order valence-corrected chi connectivity index (χ2v) is 7.17. The van der Waals surface area contributed by atoms with Crippen molar-refractivity contribution < 1.29 is 14.3 Å². The van der Waals surface area contributed by atoms with E-state index in [1.54, 1.807) is 60.7 Å². The van der Waals surface area contributed by atoms with E-state index in [1.165, 1.54) is 6.20 Å². The summed E-state index contributed by atoms with van der Waals surface area (Å²) < 4.78 is 5.63. The average Bonchev–Trinajstić information content (AvgIpc) is 3.57. The van der Waals surface area contributed by atoms with Crippen molar-refractivity contribution in [1.82, 2.24) is 4.98 Å². The Morgan fingerprint density at radius 1 is 0.897 bits per heavy atom. The second kappa shape index (κ2) is 8.32. The molecule has 1 fully saturated rings. The molecule has 0 saturated heterocycles. The number of ether oxygens (including phenoxy) is 1. The van der Waals surface area contributed by atoms with Crippen LogP contribution >= 0.6 is 11.6 Å². The molecule has 7 heteroatoms. The minimum atomic E-state index is -0.266. The zero-order valence-corrected chi connectivity index (χ0v) is 16.1. The second-order valence-electron chi connectivity index (χ2n) is 6.74. The van der Waals surface area contributed by atoms with Crippen LogP contribution in [0.25, 0.3) is 0 Å². The number of anilines is 2. The van der Waals surface area contributed by atoms with E-state index < -0.39 is 0 Å². The average molecular weight is 408 g/mol. The topological polar surface area (TPSA) is 80.3 Å². The summed E-state index contributed by atoms with van der Waals surface area (Å²) in [5, 5.41) is 6.26. The quantitative estimate of drug-likeness (QED) is 0.593. The molecule has 2 aromatic carbocycles. The summed E-state index contributed by atoms with van der Waals surface area (Å²) >= 11 is 5.85. The van der Waals surface area contributed by atoms with Crippen LogP contribution in [-0.4, -0.2) is 16.8 Å². The van der Waals surface area contributed by atoms with Crippen LogP contribution in [0, 0.1) is 5.92 Å². The van der Waals surface area contributed by atoms with Crippen LogP contribution < -0.4 is 15.4 Å². The van der Waals surface area contributed by atoms with Crippen molar-refractivity contribution >= 4 is 34.8 Å². The normalized spacial score (nSPS) is 12.9. The van der Waals surface area contributed by atoms with Crippen LogP contribution in [0.3, 0.4) is 0 Å². The number of hydrogen-bond donors (Lipinski definition) is 2. The highest BCUT2D eigenvalue weighted by Crippen LogP contribution is 2.30. The maximum absolute atomic E-state index is 12.4. The summed E-state index contributed by atoms with van der Waals surface area (Å²) in [4.78, 5) is 28.4. The predicted molar refractivity (Wildman–Crippen MR) is 112 cm³/mol. The first kappa shape index (κ1) is 19.0. The lowest BCUT2D eigenvalue weighted by molar-refractivity contribution is -0.117. The third-order valence-electron chi connectivity index (χ3n) is 4.39. The maximum atomic E-state index is 12.4. The SMILES string of the molecule is O=C(Nc1ccc(Oc2ccc(Cl)cc2)nc1)c1ccc(NC(=O)C2CC2)cc1. The van der Waals surface area contributed by atoms with Gasteiger partial charge in [0.05, 0.1) is 11.9 Å². The molecule has 1 aromatic heterocycles. The summed E-state index contributed by atoms with van der Waals surface area (Å²) in [7, 11) is 0. The number of amides is 2. The molecule has 0 spiro atoms. The Morgan fingerprint density at radius 2 is 1.59 bits per heavy atom. The third-order valence-corrected chi connectivity index (χ3v) is 4.65. The summed E-state index contributed by atoms with van der Waals surface area (Å²) in [5.74, 6) is 0.929. The van der Waals surface area contributed by atoms with Gasteiger partial charge in [-0.25, -0.2) is 4.98 Å². The smallest absolute Gasteiger partial charge is 0.255 e. The molecule has 146 valence electrons. The Morgan fingerprint density at radius 3 is 2.21 bits per heavy atom. The van der Waals surface area contributed by atoms with Crippen molar-refractivity contribution in [3.05, 3.63) is 77.4 Å². The zero-order chi connectivity index (χ0) is 20.2. The van der Waals surface area contributed by atoms with Crippen molar-refractivity contribution in [2.45, 2.75) is 12.8 Å². The van der Waals surface area contributed by atoms with Gasteiger partial charge in [-0.1, -0.05) is 11.6 Å². The lowest BCUT2D eigenvalue weighted by atomic mass is 10.2. The van der Waals surface area contributed by atoms with Gasteiger partial charge in [-0.2, -0.15) is 0 Å². The van der Waals surface area contributed by atoms with E-state index in [4.69, 9.17) is 16.3 Å². The minimum absolute atomic E-state index is 0.0363. The van der Waals surface area contributed by atoms with Crippen molar-refractivity contribution in [3.8, 4) is 11.6 Å². The summed E-state index contributed by atoms with van der Waals surface area (Å²) in [6.45, 7) is 0. The van der Waals surface area contributed by atoms with E-state index in [-0.39, 0.29) is 17.7 Å². The highest BCUT2D eigenvalue weighted by molar-refractivity contribution is 6.30. The van der Waals surface area contributed by atoms with E-state index in [9.17, 15) is 9.59 Å². The number of carbonyl (C=O) groups excluding carboxylic acids is 2. The fraction of sp³-hybridized carbons (Fsp3) is 0.136. The first-order valence-electron chi connectivity index (χ1n) is 9.18. The molecular weight excluding hydrogens is 390 g/mol. The summed E-state index contributed by atoms with van der Waals surface area (Å²) in [5.41, 5.74) is 1.71. The van der Waals surface area contributed by atoms with Gasteiger partial charge in [-0.05, 0) is 67.4 Å². The molecule has 2 amide bonds. The number of halogens is 1. The largest absolute Gasteiger partial charge is 0.439 e. The molecule has 0 bridgehead atoms. The van der Waals surface area contributed by atoms with Gasteiger partial charge in [0.2, 0.25) is 11.8 Å². The minimum Gasteiger partial charge on any atom is -0.439 e. The fourth-order valence-corrected chi connectivity index (χ4v) is 2.76. The highest BCUT2D eigenvalue weighted by atomic mass is 35.5. The van der Waals surface area contributed by atoms with Crippen LogP contribution in [0.4, 0.5) is 11.4 Å². The van der Waals surface area contributed by atoms with E-state index >= 15 is 0 Å². The first-order chi connectivity index (χ1) is 14.1. The van der Waals surface area contributed by atoms with Crippen LogP contribution in [0.5, 0.6) is 11.6 Å². The number of pyridine rings is 1. The van der Waals surface area contributed by atoms with Gasteiger partial charge in [0.25, 0.3) is 5.91 Å². The predicted octanol–water partition coefficient (Wildman–Crippen LogP) is 5.13. The van der Waals surface area contributed by atoms with Gasteiger partial charge >= 0.3 is 0 Å². The van der Waals surface area contributed by atoms with Crippen molar-refractivity contribution in [2.75, 3.05) is 10.6 Å². The van der Waals surface area contributed by atoms with Crippen LogP contribution in [-0.2, 0) is 4.79 Å². The Bertz CT molecular complexity index is 1010. The summed E-state index contributed by atoms with van der Waals surface area (Å²) in [6.07, 6.45) is 3.42. The van der Waals surface area contributed by atoms with Gasteiger partial charge < -0.3 is 15.4 Å². The molecule has 1 heterocycles. The lowest BCUT2D eigenvalue weighted by Crippen LogP contribution is -2.14. The molecule has 1 aliphatic rings. The van der Waals surface area contributed by atoms with Crippen molar-refractivity contribution in [2.24, 2.45) is 5.92 Å². The van der Waals surface area contributed by atoms with Gasteiger partial charge in [-0.3, -0.25) is 9.59 Å². The van der Waals surface area contributed by atoms with E-state index in [0.717, 1.165) is 12.8 Å². The van der Waals surface area contributed by atoms with E-state index in [2.05, 4.69) is 15.6 Å². The van der Waals surface area contributed by atoms with Gasteiger partial charge in [-0.15, -0.1) is 0 Å².